The van der Waals surface area contributed by atoms with Gasteiger partial charge in [-0.3, -0.25) is 4.79 Å². The van der Waals surface area contributed by atoms with Crippen molar-refractivity contribution in [3.05, 3.63) is 107 Å². The van der Waals surface area contributed by atoms with Crippen LogP contribution in [0.3, 0.4) is 0 Å². The number of halogens is 3. The Morgan fingerprint density at radius 3 is 2.09 bits per heavy atom. The second-order valence-electron chi connectivity index (χ2n) is 8.12. The number of carbonyl (C=O) groups is 2. The van der Waals surface area contributed by atoms with Crippen LogP contribution in [0.15, 0.2) is 84.9 Å². The first-order chi connectivity index (χ1) is 16.6. The summed E-state index contributed by atoms with van der Waals surface area (Å²) in [7, 11) is 0. The molecule has 0 aliphatic carbocycles. The van der Waals surface area contributed by atoms with E-state index in [0.29, 0.717) is 30.5 Å². The Morgan fingerprint density at radius 1 is 0.886 bits per heavy atom. The first-order valence-corrected chi connectivity index (χ1v) is 11.3. The number of hydrogen-bond acceptors (Lipinski definition) is 4. The third-order valence-electron chi connectivity index (χ3n) is 4.93. The molecule has 0 bridgehead atoms. The van der Waals surface area contributed by atoms with Crippen molar-refractivity contribution in [1.29, 1.82) is 0 Å². The first kappa shape index (κ1) is 27.8. The summed E-state index contributed by atoms with van der Waals surface area (Å²) >= 11 is 0. The molecule has 186 valence electrons. The topological polar surface area (TPSA) is 55.4 Å². The highest BCUT2D eigenvalue weighted by Crippen LogP contribution is 2.29. The van der Waals surface area contributed by atoms with Gasteiger partial charge in [0.1, 0.15) is 12.4 Å². The number of benzene rings is 3. The number of ether oxygens (including phenoxy) is 1. The number of hydrogen-bond donors (Lipinski definition) is 1. The normalized spacial score (nSPS) is 11.7. The van der Waals surface area contributed by atoms with E-state index >= 15 is 0 Å². The third kappa shape index (κ3) is 11.0. The molecule has 7 heteroatoms. The Balaban J connectivity index is 0.000000360. The van der Waals surface area contributed by atoms with Gasteiger partial charge in [0.15, 0.2) is 0 Å². The quantitative estimate of drug-likeness (QED) is 0.303. The minimum Gasteiger partial charge on any atom is -0.461 e. The molecule has 1 atom stereocenters. The minimum atomic E-state index is -4.34. The van der Waals surface area contributed by atoms with Crippen molar-refractivity contribution in [1.82, 2.24) is 5.32 Å². The summed E-state index contributed by atoms with van der Waals surface area (Å²) in [5.41, 5.74) is 1.54. The zero-order valence-corrected chi connectivity index (χ0v) is 19.8. The summed E-state index contributed by atoms with van der Waals surface area (Å²) in [5, 5.41) is 3.14. The second kappa shape index (κ2) is 14.1. The molecule has 0 aromatic heterocycles. The highest BCUT2D eigenvalue weighted by molar-refractivity contribution is 5.89. The average Bonchev–Trinajstić information content (AvgIpc) is 2.82. The largest absolute Gasteiger partial charge is 0.461 e. The van der Waals surface area contributed by atoms with E-state index < -0.39 is 17.7 Å². The molecular weight excluding hydrogens is 455 g/mol. The fraction of sp³-hybridized carbons (Fsp3) is 0.286. The zero-order chi connectivity index (χ0) is 25.7. The van der Waals surface area contributed by atoms with Gasteiger partial charge in [-0.05, 0) is 49.6 Å². The molecule has 0 heterocycles. The smallest absolute Gasteiger partial charge is 0.416 e. The van der Waals surface area contributed by atoms with Crippen molar-refractivity contribution in [3.8, 4) is 0 Å². The number of ketones is 1. The van der Waals surface area contributed by atoms with Crippen LogP contribution in [0, 0.1) is 0 Å². The van der Waals surface area contributed by atoms with Crippen molar-refractivity contribution >= 4 is 11.8 Å². The van der Waals surface area contributed by atoms with E-state index in [-0.39, 0.29) is 18.4 Å². The van der Waals surface area contributed by atoms with Gasteiger partial charge >= 0.3 is 12.1 Å². The van der Waals surface area contributed by atoms with Crippen LogP contribution in [0.2, 0.25) is 0 Å². The minimum absolute atomic E-state index is 0.0427. The standard InChI is InChI=1S/C19H20F3NO2.C9H10O/c1-14(12-15-6-5-9-17(13-15)19(20,21)22)23-10-11-25-18(24)16-7-3-2-4-8-16;1-8(10)7-9-5-3-2-4-6-9/h2-9,13-14,23H,10-12H2,1H3;2-6H,7H2,1H3. The second-order valence-corrected chi connectivity index (χ2v) is 8.12. The van der Waals surface area contributed by atoms with Gasteiger partial charge in [-0.25, -0.2) is 4.79 Å². The Labute approximate surface area is 204 Å². The summed E-state index contributed by atoms with van der Waals surface area (Å²) in [5.74, 6) is -0.181. The maximum atomic E-state index is 12.7. The predicted molar refractivity (Wildman–Crippen MR) is 130 cm³/mol. The molecule has 0 aliphatic heterocycles. The lowest BCUT2D eigenvalue weighted by atomic mass is 10.0. The lowest BCUT2D eigenvalue weighted by Crippen LogP contribution is -2.31. The maximum Gasteiger partial charge on any atom is 0.416 e. The fourth-order valence-electron chi connectivity index (χ4n) is 3.29. The van der Waals surface area contributed by atoms with Gasteiger partial charge in [0.2, 0.25) is 0 Å². The summed E-state index contributed by atoms with van der Waals surface area (Å²) in [6.45, 7) is 4.10. The molecule has 3 aromatic carbocycles. The number of nitrogens with one attached hydrogen (secondary N) is 1. The molecule has 0 radical (unpaired) electrons. The van der Waals surface area contributed by atoms with Gasteiger partial charge in [0.05, 0.1) is 11.1 Å². The zero-order valence-electron chi connectivity index (χ0n) is 19.8. The molecule has 3 rings (SSSR count). The number of Topliss-reactive ketones (excluding diaryl/α,β-unsaturated/α-hetero) is 1. The van der Waals surface area contributed by atoms with Crippen LogP contribution in [-0.2, 0) is 28.5 Å². The van der Waals surface area contributed by atoms with Crippen molar-refractivity contribution in [3.63, 3.8) is 0 Å². The first-order valence-electron chi connectivity index (χ1n) is 11.3. The Kier molecular flexibility index (Phi) is 11.2. The van der Waals surface area contributed by atoms with E-state index in [1.54, 1.807) is 37.3 Å². The molecule has 0 saturated carbocycles. The monoisotopic (exact) mass is 485 g/mol. The molecule has 4 nitrogen and oxygen atoms in total. The summed E-state index contributed by atoms with van der Waals surface area (Å²) in [6.07, 6.45) is -3.32. The SMILES string of the molecule is CC(=O)Cc1ccccc1.CC(Cc1cccc(C(F)(F)F)c1)NCCOC(=O)c1ccccc1. The number of rotatable bonds is 9. The lowest BCUT2D eigenvalue weighted by molar-refractivity contribution is -0.137. The third-order valence-corrected chi connectivity index (χ3v) is 4.93. The van der Waals surface area contributed by atoms with E-state index in [4.69, 9.17) is 4.74 Å². The van der Waals surface area contributed by atoms with Crippen molar-refractivity contribution in [2.45, 2.75) is 38.9 Å². The molecule has 0 fully saturated rings. The van der Waals surface area contributed by atoms with E-state index in [0.717, 1.165) is 17.7 Å². The van der Waals surface area contributed by atoms with Gasteiger partial charge in [-0.2, -0.15) is 13.2 Å². The summed E-state index contributed by atoms with van der Waals surface area (Å²) in [4.78, 5) is 22.4. The number of carbonyl (C=O) groups excluding carboxylic acids is 2. The molecule has 35 heavy (non-hydrogen) atoms. The van der Waals surface area contributed by atoms with Crippen molar-refractivity contribution in [2.75, 3.05) is 13.2 Å². The van der Waals surface area contributed by atoms with E-state index in [2.05, 4.69) is 5.32 Å². The van der Waals surface area contributed by atoms with Gasteiger partial charge in [0, 0.05) is 19.0 Å². The highest BCUT2D eigenvalue weighted by atomic mass is 19.4. The van der Waals surface area contributed by atoms with Gasteiger partial charge in [0.25, 0.3) is 0 Å². The van der Waals surface area contributed by atoms with E-state index in [1.165, 1.54) is 6.07 Å². The van der Waals surface area contributed by atoms with Gasteiger partial charge in [-0.15, -0.1) is 0 Å². The molecule has 0 saturated heterocycles. The summed E-state index contributed by atoms with van der Waals surface area (Å²) in [6, 6.07) is 23.7. The van der Waals surface area contributed by atoms with Crippen LogP contribution >= 0.6 is 0 Å². The number of esters is 1. The molecule has 3 aromatic rings. The van der Waals surface area contributed by atoms with Crippen LogP contribution in [-0.4, -0.2) is 30.9 Å². The fourth-order valence-corrected chi connectivity index (χ4v) is 3.29. The van der Waals surface area contributed by atoms with E-state index in [1.807, 2.05) is 43.3 Å². The molecule has 1 unspecified atom stereocenters. The predicted octanol–water partition coefficient (Wildman–Crippen LogP) is 5.90. The average molecular weight is 486 g/mol. The molecule has 0 aliphatic rings. The van der Waals surface area contributed by atoms with Crippen LogP contribution < -0.4 is 5.32 Å². The van der Waals surface area contributed by atoms with Gasteiger partial charge < -0.3 is 10.1 Å². The maximum absolute atomic E-state index is 12.7. The Hall–Kier alpha value is -3.45. The molecule has 0 spiro atoms. The van der Waals surface area contributed by atoms with Crippen LogP contribution in [0.25, 0.3) is 0 Å². The van der Waals surface area contributed by atoms with Crippen LogP contribution in [0.1, 0.15) is 40.9 Å². The molecule has 1 N–H and O–H groups in total. The van der Waals surface area contributed by atoms with Crippen LogP contribution in [0.5, 0.6) is 0 Å². The molecular formula is C28H30F3NO3. The summed E-state index contributed by atoms with van der Waals surface area (Å²) < 4.78 is 43.3. The Morgan fingerprint density at radius 2 is 1.49 bits per heavy atom. The van der Waals surface area contributed by atoms with Gasteiger partial charge in [-0.1, -0.05) is 66.7 Å². The van der Waals surface area contributed by atoms with Crippen LogP contribution in [0.4, 0.5) is 13.2 Å². The Bertz CT molecular complexity index is 1050. The highest BCUT2D eigenvalue weighted by Gasteiger charge is 2.30. The lowest BCUT2D eigenvalue weighted by Gasteiger charge is -2.15. The molecule has 0 amide bonds. The number of alkyl halides is 3. The van der Waals surface area contributed by atoms with Crippen molar-refractivity contribution < 1.29 is 27.5 Å². The van der Waals surface area contributed by atoms with Crippen molar-refractivity contribution in [2.24, 2.45) is 0 Å². The van der Waals surface area contributed by atoms with E-state index in [9.17, 15) is 22.8 Å².